The molecule has 8 nitrogen and oxygen atoms in total. The first-order chi connectivity index (χ1) is 15.0. The molecular formula is C22H10N4O4S. The maximum Gasteiger partial charge on any atom is 0.264 e. The number of fused-ring (bicyclic) bond motifs is 8. The molecule has 0 fully saturated rings. The van der Waals surface area contributed by atoms with Crippen LogP contribution in [-0.4, -0.2) is 18.8 Å². The van der Waals surface area contributed by atoms with E-state index < -0.39 is 0 Å². The molecule has 148 valence electrons. The zero-order valence-corrected chi connectivity index (χ0v) is 17.0. The van der Waals surface area contributed by atoms with Gasteiger partial charge in [-0.25, -0.2) is 0 Å². The molecule has 0 N–H and O–H groups in total. The number of imidazole rings is 2. The molecule has 0 aliphatic carbocycles. The van der Waals surface area contributed by atoms with Crippen LogP contribution in [0.3, 0.4) is 0 Å². The van der Waals surface area contributed by atoms with Gasteiger partial charge in [0, 0.05) is 33.7 Å². The predicted molar refractivity (Wildman–Crippen MR) is 118 cm³/mol. The van der Waals surface area contributed by atoms with E-state index in [2.05, 4.69) is 9.97 Å². The molecule has 0 amide bonds. The second kappa shape index (κ2) is 4.68. The maximum absolute atomic E-state index is 13.4. The molecule has 0 saturated heterocycles. The van der Waals surface area contributed by atoms with Gasteiger partial charge in [0.2, 0.25) is 11.4 Å². The van der Waals surface area contributed by atoms with E-state index in [1.165, 1.54) is 11.3 Å². The predicted octanol–water partition coefficient (Wildman–Crippen LogP) is 4.21. The Labute approximate surface area is 174 Å². The van der Waals surface area contributed by atoms with Gasteiger partial charge < -0.3 is 8.83 Å². The van der Waals surface area contributed by atoms with Crippen LogP contribution >= 0.6 is 11.3 Å². The average molecular weight is 426 g/mol. The lowest BCUT2D eigenvalue weighted by molar-refractivity contribution is 0.569. The van der Waals surface area contributed by atoms with Gasteiger partial charge in [0.25, 0.3) is 11.1 Å². The second-order valence-electron chi connectivity index (χ2n) is 7.92. The summed E-state index contributed by atoms with van der Waals surface area (Å²) in [6.07, 6.45) is 0. The molecule has 8 rings (SSSR count). The molecule has 0 bridgehead atoms. The lowest BCUT2D eigenvalue weighted by atomic mass is 10.0. The summed E-state index contributed by atoms with van der Waals surface area (Å²) in [5, 5.41) is 2.62. The average Bonchev–Trinajstić information content (AvgIpc) is 3.49. The Bertz CT molecular complexity index is 2020. The van der Waals surface area contributed by atoms with Crippen molar-refractivity contribution in [3.8, 4) is 0 Å². The molecule has 0 radical (unpaired) electrons. The smallest absolute Gasteiger partial charge is 0.264 e. The highest BCUT2D eigenvalue weighted by Crippen LogP contribution is 2.43. The van der Waals surface area contributed by atoms with Crippen molar-refractivity contribution in [3.63, 3.8) is 0 Å². The number of benzene rings is 1. The van der Waals surface area contributed by atoms with Gasteiger partial charge in [0.05, 0.1) is 9.40 Å². The molecule has 0 unspecified atom stereocenters. The normalized spacial score (nSPS) is 13.1. The largest absolute Gasteiger partial charge is 0.442 e. The van der Waals surface area contributed by atoms with Crippen molar-refractivity contribution >= 4 is 76.0 Å². The van der Waals surface area contributed by atoms with Crippen molar-refractivity contribution < 1.29 is 8.83 Å². The van der Waals surface area contributed by atoms with Gasteiger partial charge in [-0.3, -0.25) is 18.4 Å². The fourth-order valence-corrected chi connectivity index (χ4v) is 6.17. The summed E-state index contributed by atoms with van der Waals surface area (Å²) in [6.45, 7) is 3.66. The van der Waals surface area contributed by atoms with Crippen LogP contribution in [0.25, 0.3) is 64.7 Å². The summed E-state index contributed by atoms with van der Waals surface area (Å²) < 4.78 is 16.2. The van der Waals surface area contributed by atoms with E-state index in [-0.39, 0.29) is 11.1 Å². The monoisotopic (exact) mass is 426 g/mol. The SMILES string of the molecule is Cc1cc2c(nc3c4sc5c6c(ccc(c(=O)n23)c46)c(=O)n2c3cc(C)oc3nc52)o1. The fraction of sp³-hybridized carbons (Fsp3) is 0.0909. The lowest BCUT2D eigenvalue weighted by Gasteiger charge is -2.03. The Hall–Kier alpha value is -3.98. The van der Waals surface area contributed by atoms with Gasteiger partial charge in [-0.2, -0.15) is 9.97 Å². The van der Waals surface area contributed by atoms with Crippen LogP contribution in [-0.2, 0) is 0 Å². The number of furan rings is 2. The number of nitrogens with zero attached hydrogens (tertiary/aromatic N) is 4. The lowest BCUT2D eigenvalue weighted by Crippen LogP contribution is -2.15. The highest BCUT2D eigenvalue weighted by molar-refractivity contribution is 7.27. The summed E-state index contributed by atoms with van der Waals surface area (Å²) in [5.41, 5.74) is 2.88. The third-order valence-corrected chi connectivity index (χ3v) is 7.27. The van der Waals surface area contributed by atoms with E-state index in [0.29, 0.717) is 56.0 Å². The van der Waals surface area contributed by atoms with Crippen molar-refractivity contribution in [2.75, 3.05) is 0 Å². The highest BCUT2D eigenvalue weighted by atomic mass is 32.1. The van der Waals surface area contributed by atoms with E-state index in [1.807, 2.05) is 26.0 Å². The van der Waals surface area contributed by atoms with Crippen LogP contribution in [0.15, 0.2) is 42.7 Å². The van der Waals surface area contributed by atoms with Gasteiger partial charge in [-0.05, 0) is 26.0 Å². The molecule has 0 spiro atoms. The summed E-state index contributed by atoms with van der Waals surface area (Å²) in [4.78, 5) is 36.1. The summed E-state index contributed by atoms with van der Waals surface area (Å²) in [6, 6.07) is 7.11. The first-order valence-electron chi connectivity index (χ1n) is 9.68. The van der Waals surface area contributed by atoms with Crippen molar-refractivity contribution in [3.05, 3.63) is 56.5 Å². The highest BCUT2D eigenvalue weighted by Gasteiger charge is 2.26. The van der Waals surface area contributed by atoms with E-state index in [1.54, 1.807) is 20.9 Å². The summed E-state index contributed by atoms with van der Waals surface area (Å²) in [7, 11) is 0. The van der Waals surface area contributed by atoms with E-state index in [0.717, 1.165) is 20.2 Å². The number of rotatable bonds is 0. The molecule has 1 aromatic carbocycles. The molecule has 0 aliphatic rings. The Kier molecular flexibility index (Phi) is 2.38. The molecule has 7 aromatic heterocycles. The minimum atomic E-state index is -0.174. The van der Waals surface area contributed by atoms with Crippen LogP contribution in [0.4, 0.5) is 0 Å². The van der Waals surface area contributed by atoms with Crippen molar-refractivity contribution in [1.29, 1.82) is 0 Å². The molecule has 0 aliphatic heterocycles. The number of aryl methyl sites for hydroxylation is 2. The number of aromatic nitrogens is 4. The van der Waals surface area contributed by atoms with E-state index >= 15 is 0 Å². The van der Waals surface area contributed by atoms with Crippen LogP contribution in [0.2, 0.25) is 0 Å². The summed E-state index contributed by atoms with van der Waals surface area (Å²) in [5.74, 6) is 1.39. The molecule has 9 heteroatoms. The molecule has 31 heavy (non-hydrogen) atoms. The minimum Gasteiger partial charge on any atom is -0.442 e. The molecule has 0 atom stereocenters. The molecular weight excluding hydrogens is 416 g/mol. The van der Waals surface area contributed by atoms with Crippen LogP contribution < -0.4 is 11.1 Å². The third kappa shape index (κ3) is 1.59. The van der Waals surface area contributed by atoms with E-state index in [9.17, 15) is 9.59 Å². The minimum absolute atomic E-state index is 0.174. The van der Waals surface area contributed by atoms with Crippen LogP contribution in [0.5, 0.6) is 0 Å². The van der Waals surface area contributed by atoms with Crippen molar-refractivity contribution in [2.45, 2.75) is 13.8 Å². The number of pyridine rings is 2. The number of hydrogen-bond acceptors (Lipinski definition) is 7. The second-order valence-corrected chi connectivity index (χ2v) is 8.94. The third-order valence-electron chi connectivity index (χ3n) is 6.09. The topological polar surface area (TPSA) is 95.0 Å². The molecule has 8 aromatic rings. The summed E-state index contributed by atoms with van der Waals surface area (Å²) >= 11 is 1.48. The standard InChI is InChI=1S/C22H10N4O4S/c1-7-5-11-19(29-7)23-17-15-13-9(21(27)25(11)17)3-4-10-14(13)16(31-15)18-24-20-12(6-8(2)30-20)26(18)22(10)28/h3-6H,1-2H3. The van der Waals surface area contributed by atoms with Crippen LogP contribution in [0, 0.1) is 13.8 Å². The van der Waals surface area contributed by atoms with E-state index in [4.69, 9.17) is 8.83 Å². The first-order valence-corrected chi connectivity index (χ1v) is 10.5. The maximum atomic E-state index is 13.4. The Morgan fingerprint density at radius 3 is 1.68 bits per heavy atom. The van der Waals surface area contributed by atoms with Gasteiger partial charge in [-0.1, -0.05) is 0 Å². The van der Waals surface area contributed by atoms with Crippen LogP contribution in [0.1, 0.15) is 11.5 Å². The van der Waals surface area contributed by atoms with Gasteiger partial charge >= 0.3 is 0 Å². The van der Waals surface area contributed by atoms with Gasteiger partial charge in [-0.15, -0.1) is 11.3 Å². The molecule has 0 saturated carbocycles. The Balaban J connectivity index is 1.74. The zero-order chi connectivity index (χ0) is 20.8. The number of thiophene rings is 1. The van der Waals surface area contributed by atoms with Crippen molar-refractivity contribution in [1.82, 2.24) is 18.8 Å². The van der Waals surface area contributed by atoms with Crippen molar-refractivity contribution in [2.24, 2.45) is 0 Å². The fourth-order valence-electron chi connectivity index (χ4n) is 4.88. The first kappa shape index (κ1) is 15.8. The Morgan fingerprint density at radius 1 is 0.774 bits per heavy atom. The van der Waals surface area contributed by atoms with Gasteiger partial charge in [0.1, 0.15) is 22.6 Å². The number of hydrogen-bond donors (Lipinski definition) is 0. The Morgan fingerprint density at radius 2 is 1.23 bits per heavy atom. The van der Waals surface area contributed by atoms with Gasteiger partial charge in [0.15, 0.2) is 11.3 Å². The quantitative estimate of drug-likeness (QED) is 0.337. The molecule has 7 heterocycles. The zero-order valence-electron chi connectivity index (χ0n) is 16.1.